The molecule has 4 rings (SSSR count). The Morgan fingerprint density at radius 1 is 1.05 bits per heavy atom. The Morgan fingerprint density at radius 2 is 1.79 bits per heavy atom. The third-order valence-corrected chi connectivity index (χ3v) is 7.58. The van der Waals surface area contributed by atoms with Gasteiger partial charge in [-0.3, -0.25) is 14.5 Å². The Morgan fingerprint density at radius 3 is 2.50 bits per heavy atom. The fourth-order valence-corrected chi connectivity index (χ4v) is 5.43. The molecule has 0 aromatic heterocycles. The second kappa shape index (κ2) is 14.7. The Labute approximate surface area is 247 Å². The molecule has 2 aromatic carbocycles. The molecule has 2 aliphatic rings. The molecule has 228 valence electrons. The fourth-order valence-electron chi connectivity index (χ4n) is 5.43. The van der Waals surface area contributed by atoms with Gasteiger partial charge in [-0.15, -0.1) is 0 Å². The molecule has 1 N–H and O–H groups in total. The van der Waals surface area contributed by atoms with Gasteiger partial charge in [-0.05, 0) is 101 Å². The average molecular weight is 583 g/mol. The molecule has 2 aliphatic heterocycles. The maximum absolute atomic E-state index is 14.0. The van der Waals surface area contributed by atoms with E-state index in [4.69, 9.17) is 14.2 Å². The molecular weight excluding hydrogens is 539 g/mol. The lowest BCUT2D eigenvalue weighted by molar-refractivity contribution is -0.160. The topological polar surface area (TPSA) is 94.2 Å². The van der Waals surface area contributed by atoms with Crippen LogP contribution in [0.2, 0.25) is 0 Å². The summed E-state index contributed by atoms with van der Waals surface area (Å²) in [5.74, 6) is -1.37. The minimum absolute atomic E-state index is 0.0142. The van der Waals surface area contributed by atoms with Crippen molar-refractivity contribution in [2.75, 3.05) is 32.9 Å². The van der Waals surface area contributed by atoms with Crippen molar-refractivity contribution in [3.63, 3.8) is 0 Å². The molecule has 42 heavy (non-hydrogen) atoms. The number of Topliss-reactive ketones (excluding diaryl/α,β-unsaturated/α-hetero) is 1. The number of likely N-dealkylation sites (tertiary alicyclic amines) is 1. The summed E-state index contributed by atoms with van der Waals surface area (Å²) < 4.78 is 30.7. The lowest BCUT2D eigenvalue weighted by Crippen LogP contribution is -2.50. The average Bonchev–Trinajstić information content (AvgIpc) is 3.47. The third kappa shape index (κ3) is 9.63. The number of halogens is 1. The zero-order valence-corrected chi connectivity index (χ0v) is 24.9. The van der Waals surface area contributed by atoms with Crippen LogP contribution in [0.15, 0.2) is 48.5 Å². The quantitative estimate of drug-likeness (QED) is 0.526. The third-order valence-electron chi connectivity index (χ3n) is 7.58. The van der Waals surface area contributed by atoms with E-state index in [9.17, 15) is 18.8 Å². The van der Waals surface area contributed by atoms with Gasteiger partial charge in [-0.1, -0.05) is 24.3 Å². The van der Waals surface area contributed by atoms with Crippen LogP contribution in [0.25, 0.3) is 0 Å². The van der Waals surface area contributed by atoms with Gasteiger partial charge in [0.25, 0.3) is 0 Å². The van der Waals surface area contributed by atoms with Crippen LogP contribution in [0.3, 0.4) is 0 Å². The standard InChI is InChI=1S/C33H43FN2O6/c1-33(2,3)42-32(39)28-22-40-17-18-41-27-8-6-7-24(19-27)20-29(36-15-4-5-16-36)30(37)21-25(31(38)35-28)12-9-23-10-13-26(34)14-11-23/h6-8,10-11,13-14,19,25,28-29H,4-5,9,12,15-18,20-22H2,1-3H3,(H,35,38)/t25-,28+,29+/m1/s1. The first kappa shape index (κ1) is 31.6. The van der Waals surface area contributed by atoms with Crippen LogP contribution in [0.1, 0.15) is 57.6 Å². The number of ether oxygens (including phenoxy) is 3. The number of ketones is 1. The largest absolute Gasteiger partial charge is 0.491 e. The first-order valence-corrected chi connectivity index (χ1v) is 14.9. The predicted molar refractivity (Wildman–Crippen MR) is 157 cm³/mol. The van der Waals surface area contributed by atoms with Gasteiger partial charge in [0.15, 0.2) is 11.8 Å². The highest BCUT2D eigenvalue weighted by atomic mass is 19.1. The van der Waals surface area contributed by atoms with Crippen LogP contribution in [-0.2, 0) is 36.7 Å². The number of nitrogens with zero attached hydrogens (tertiary/aromatic N) is 1. The van der Waals surface area contributed by atoms with Gasteiger partial charge < -0.3 is 19.5 Å². The highest BCUT2D eigenvalue weighted by Gasteiger charge is 2.34. The lowest BCUT2D eigenvalue weighted by Gasteiger charge is -2.29. The van der Waals surface area contributed by atoms with Crippen LogP contribution in [0.4, 0.5) is 4.39 Å². The van der Waals surface area contributed by atoms with Crippen LogP contribution < -0.4 is 10.1 Å². The van der Waals surface area contributed by atoms with E-state index in [1.54, 1.807) is 32.9 Å². The number of aryl methyl sites for hydroxylation is 1. The summed E-state index contributed by atoms with van der Waals surface area (Å²) >= 11 is 0. The summed E-state index contributed by atoms with van der Waals surface area (Å²) in [7, 11) is 0. The number of fused-ring (bicyclic) bond motifs is 2. The van der Waals surface area contributed by atoms with Gasteiger partial charge in [-0.2, -0.15) is 0 Å². The van der Waals surface area contributed by atoms with Gasteiger partial charge in [0.1, 0.15) is 23.8 Å². The molecule has 2 aromatic rings. The van der Waals surface area contributed by atoms with Crippen LogP contribution >= 0.6 is 0 Å². The van der Waals surface area contributed by atoms with Crippen molar-refractivity contribution in [2.45, 2.75) is 77.0 Å². The summed E-state index contributed by atoms with van der Waals surface area (Å²) in [6.07, 6.45) is 3.43. The van der Waals surface area contributed by atoms with E-state index in [1.807, 2.05) is 24.3 Å². The second-order valence-corrected chi connectivity index (χ2v) is 12.2. The van der Waals surface area contributed by atoms with Crippen LogP contribution in [-0.4, -0.2) is 73.2 Å². The first-order valence-electron chi connectivity index (χ1n) is 14.9. The van der Waals surface area contributed by atoms with Gasteiger partial charge in [0.2, 0.25) is 5.91 Å². The molecule has 0 saturated carbocycles. The summed E-state index contributed by atoms with van der Waals surface area (Å²) in [4.78, 5) is 43.0. The van der Waals surface area contributed by atoms with E-state index >= 15 is 0 Å². The maximum Gasteiger partial charge on any atom is 0.331 e. The van der Waals surface area contributed by atoms with Crippen molar-refractivity contribution in [1.29, 1.82) is 0 Å². The summed E-state index contributed by atoms with van der Waals surface area (Å²) in [5.41, 5.74) is 1.10. The monoisotopic (exact) mass is 582 g/mol. The number of nitrogens with one attached hydrogen (secondary N) is 1. The SMILES string of the molecule is CC(C)(C)OC(=O)[C@@H]1COCCOc2cccc(c2)C[C@H](N2CCCC2)C(=O)C[C@@H](CCc2ccc(F)cc2)C(=O)N1. The number of esters is 1. The molecule has 0 radical (unpaired) electrons. The summed E-state index contributed by atoms with van der Waals surface area (Å²) in [6.45, 7) is 7.30. The van der Waals surface area contributed by atoms with Gasteiger partial charge in [0.05, 0.1) is 19.3 Å². The molecular formula is C33H43FN2O6. The van der Waals surface area contributed by atoms with E-state index in [0.29, 0.717) is 25.0 Å². The number of rotatable bonds is 5. The molecule has 9 heteroatoms. The molecule has 8 nitrogen and oxygen atoms in total. The molecule has 1 saturated heterocycles. The van der Waals surface area contributed by atoms with Gasteiger partial charge in [0, 0.05) is 12.3 Å². The summed E-state index contributed by atoms with van der Waals surface area (Å²) in [6, 6.07) is 12.4. The van der Waals surface area contributed by atoms with Crippen molar-refractivity contribution in [3.8, 4) is 5.75 Å². The second-order valence-electron chi connectivity index (χ2n) is 12.2. The Bertz CT molecular complexity index is 1210. The molecule has 2 heterocycles. The molecule has 0 spiro atoms. The Balaban J connectivity index is 1.62. The molecule has 0 unspecified atom stereocenters. The number of benzene rings is 2. The Hall–Kier alpha value is -3.30. The van der Waals surface area contributed by atoms with Crippen LogP contribution in [0, 0.1) is 11.7 Å². The zero-order chi connectivity index (χ0) is 30.1. The highest BCUT2D eigenvalue weighted by Crippen LogP contribution is 2.24. The van der Waals surface area contributed by atoms with Crippen molar-refractivity contribution >= 4 is 17.7 Å². The van der Waals surface area contributed by atoms with E-state index in [-0.39, 0.29) is 43.9 Å². The van der Waals surface area contributed by atoms with Crippen LogP contribution in [0.5, 0.6) is 5.75 Å². The molecule has 0 aliphatic carbocycles. The van der Waals surface area contributed by atoms with Crippen molar-refractivity contribution in [1.82, 2.24) is 10.2 Å². The molecule has 3 atom stereocenters. The number of amides is 1. The van der Waals surface area contributed by atoms with E-state index < -0.39 is 29.4 Å². The zero-order valence-electron chi connectivity index (χ0n) is 24.9. The normalized spacial score (nSPS) is 23.2. The Kier molecular flexibility index (Phi) is 11.1. The number of hydrogen-bond acceptors (Lipinski definition) is 7. The molecule has 2 bridgehead atoms. The number of carbonyl (C=O) groups excluding carboxylic acids is 3. The molecule has 1 fully saturated rings. The van der Waals surface area contributed by atoms with Gasteiger partial charge in [-0.25, -0.2) is 9.18 Å². The highest BCUT2D eigenvalue weighted by molar-refractivity contribution is 5.91. The number of carbonyl (C=O) groups is 3. The fraction of sp³-hybridized carbons (Fsp3) is 0.545. The first-order chi connectivity index (χ1) is 20.1. The number of hydrogen-bond donors (Lipinski definition) is 1. The lowest BCUT2D eigenvalue weighted by atomic mass is 9.89. The van der Waals surface area contributed by atoms with Gasteiger partial charge >= 0.3 is 5.97 Å². The minimum Gasteiger partial charge on any atom is -0.491 e. The predicted octanol–water partition coefficient (Wildman–Crippen LogP) is 4.28. The van der Waals surface area contributed by atoms with E-state index in [1.165, 1.54) is 12.1 Å². The smallest absolute Gasteiger partial charge is 0.331 e. The maximum atomic E-state index is 14.0. The van der Waals surface area contributed by atoms with Crippen molar-refractivity contribution < 1.29 is 33.0 Å². The van der Waals surface area contributed by atoms with Crippen molar-refractivity contribution in [2.24, 2.45) is 5.92 Å². The molecule has 1 amide bonds. The summed E-state index contributed by atoms with van der Waals surface area (Å²) in [5, 5.41) is 2.82. The minimum atomic E-state index is -1.05. The van der Waals surface area contributed by atoms with Crippen molar-refractivity contribution in [3.05, 3.63) is 65.5 Å². The van der Waals surface area contributed by atoms with E-state index in [0.717, 1.165) is 37.1 Å². The van der Waals surface area contributed by atoms with E-state index in [2.05, 4.69) is 10.2 Å².